The third-order valence-electron chi connectivity index (χ3n) is 17.7. The third-order valence-corrected chi connectivity index (χ3v) is 17.7. The van der Waals surface area contributed by atoms with Crippen molar-refractivity contribution >= 4 is 58.3 Å². The van der Waals surface area contributed by atoms with E-state index < -0.39 is 69.5 Å². The molecule has 29 heteroatoms. The number of aryl methyl sites for hydroxylation is 2. The Kier molecular flexibility index (Phi) is 29.6. The Morgan fingerprint density at radius 1 is 0.441 bits per heavy atom. The summed E-state index contributed by atoms with van der Waals surface area (Å²) in [6.07, 6.45) is 5.72. The molecular weight excluding hydrogens is 1320 g/mol. The summed E-state index contributed by atoms with van der Waals surface area (Å²) in [5, 5.41) is 58.3. The zero-order valence-electron chi connectivity index (χ0n) is 60.0. The average molecular weight is 1420 g/mol. The highest BCUT2D eigenvalue weighted by Crippen LogP contribution is 2.38. The van der Waals surface area contributed by atoms with E-state index in [-0.39, 0.29) is 96.6 Å². The van der Waals surface area contributed by atoms with Gasteiger partial charge in [0.25, 0.3) is 0 Å². The number of aromatic hydroxyl groups is 2. The van der Waals surface area contributed by atoms with Crippen LogP contribution in [0.1, 0.15) is 180 Å². The van der Waals surface area contributed by atoms with E-state index in [2.05, 4.69) is 36.3 Å². The minimum absolute atomic E-state index is 0.0302. The van der Waals surface area contributed by atoms with Gasteiger partial charge in [-0.05, 0) is 123 Å². The van der Waals surface area contributed by atoms with Crippen LogP contribution in [0.4, 0.5) is 14.4 Å². The number of aromatic nitrogens is 9. The van der Waals surface area contributed by atoms with E-state index in [0.717, 1.165) is 24.8 Å². The summed E-state index contributed by atoms with van der Waals surface area (Å²) in [4.78, 5) is 119. The number of nitrogens with zero attached hydrogens (tertiary/aromatic N) is 9. The lowest BCUT2D eigenvalue weighted by Crippen LogP contribution is -2.54. The number of alkyl carbamates (subject to hydrolysis) is 3. The Labute approximate surface area is 592 Å². The molecule has 4 aromatic carbocycles. The largest absolute Gasteiger partial charge is 0.505 e. The Hall–Kier alpha value is -10.1. The van der Waals surface area contributed by atoms with E-state index in [1.54, 1.807) is 26.0 Å². The van der Waals surface area contributed by atoms with E-state index in [1.165, 1.54) is 9.59 Å². The Bertz CT molecular complexity index is 3880. The first kappa shape index (κ1) is 79.2. The van der Waals surface area contributed by atoms with Gasteiger partial charge in [0.05, 0.1) is 0 Å². The van der Waals surface area contributed by atoms with Crippen LogP contribution in [0, 0.1) is 5.41 Å². The van der Waals surface area contributed by atoms with Crippen LogP contribution in [0.2, 0.25) is 0 Å². The van der Waals surface area contributed by atoms with Crippen molar-refractivity contribution in [3.05, 3.63) is 127 Å². The predicted molar refractivity (Wildman–Crippen MR) is 380 cm³/mol. The van der Waals surface area contributed by atoms with Crippen LogP contribution in [0.15, 0.2) is 87.2 Å². The molecule has 0 aliphatic heterocycles. The SMILES string of the molecule is CCC(CC)(COC(=O)NCCCCCCn1c(=O)n(CCCCCCNC(=O)OCCOC(=O)CCc2cc(-n3nc4ccccc4n3)c(O)c(C(C)(C)C)c2)c(=O)n(CCCCCCNC(=O)OCCOC(=O)CCc2cc(-n3nc4ccccc4n3)c(O)c(C(C)(C)C)c2)c1=O)C(=O)O. The number of amides is 3. The Morgan fingerprint density at radius 2 is 0.755 bits per heavy atom. The molecule has 29 nitrogen and oxygen atoms in total. The van der Waals surface area contributed by atoms with E-state index in [0.29, 0.717) is 147 Å². The van der Waals surface area contributed by atoms with Gasteiger partial charge in [-0.15, -0.1) is 30.0 Å². The summed E-state index contributed by atoms with van der Waals surface area (Å²) in [6.45, 7) is 15.3. The first-order valence-corrected chi connectivity index (χ1v) is 35.3. The molecule has 6 N–H and O–H groups in total. The molecule has 0 saturated heterocycles. The fourth-order valence-electron chi connectivity index (χ4n) is 11.5. The number of carbonyl (C=O) groups excluding carboxylic acids is 5. The summed E-state index contributed by atoms with van der Waals surface area (Å²) in [7, 11) is 0. The van der Waals surface area contributed by atoms with Crippen LogP contribution in [-0.2, 0) is 81.4 Å². The van der Waals surface area contributed by atoms with Gasteiger partial charge in [-0.1, -0.05) is 130 Å². The molecule has 3 aromatic heterocycles. The second-order valence-corrected chi connectivity index (χ2v) is 27.4. The monoisotopic (exact) mass is 1420 g/mol. The van der Waals surface area contributed by atoms with Crippen LogP contribution in [-0.4, -0.2) is 148 Å². The lowest BCUT2D eigenvalue weighted by atomic mass is 9.83. The Balaban J connectivity index is 0.809. The standard InChI is InChI=1S/C73H100N12O17/c1-9-73(10-2,64(90)91)49-102-67(94)76-37-23-13-16-26-40-83-69(96)81(38-24-14-11-21-35-74-65(92)100-43-41-98-60(86)33-31-50-45-52(71(3,4)5)62(88)58(47-50)84-77-54-27-17-18-28-55(54)78-84)68(95)82(70(83)97)39-25-15-12-22-36-75-66(93)101-44-42-99-61(87)34-32-51-46-53(72(6,7)8)63(89)59(48-51)85-79-56-29-19-20-30-57(56)80-85/h17-20,27-30,45-48,88-89H,9-16,21-26,31-44,49H2,1-8H3,(H,74,92)(H,75,93)(H,76,94)(H,90,91). The number of carboxylic acid groups (broad SMARTS) is 1. The van der Waals surface area contributed by atoms with Gasteiger partial charge in [0.15, 0.2) is 0 Å². The zero-order chi connectivity index (χ0) is 74.0. The molecule has 0 fully saturated rings. The van der Waals surface area contributed by atoms with Crippen LogP contribution in [0.25, 0.3) is 33.4 Å². The minimum Gasteiger partial charge on any atom is -0.505 e. The van der Waals surface area contributed by atoms with E-state index in [9.17, 15) is 58.5 Å². The van der Waals surface area contributed by atoms with Crippen molar-refractivity contribution < 1.29 is 67.8 Å². The third kappa shape index (κ3) is 23.0. The van der Waals surface area contributed by atoms with Crippen molar-refractivity contribution in [2.45, 2.75) is 201 Å². The highest BCUT2D eigenvalue weighted by atomic mass is 16.6. The summed E-state index contributed by atoms with van der Waals surface area (Å²) in [6, 6.07) is 22.0. The van der Waals surface area contributed by atoms with E-state index >= 15 is 0 Å². The smallest absolute Gasteiger partial charge is 0.407 e. The molecule has 0 radical (unpaired) electrons. The first-order chi connectivity index (χ1) is 48.7. The molecule has 554 valence electrons. The van der Waals surface area contributed by atoms with Crippen molar-refractivity contribution in [3.63, 3.8) is 0 Å². The predicted octanol–water partition coefficient (Wildman–Crippen LogP) is 9.75. The molecule has 7 rings (SSSR count). The number of nitrogens with one attached hydrogen (secondary N) is 3. The number of unbranched alkanes of at least 4 members (excludes halogenated alkanes) is 9. The first-order valence-electron chi connectivity index (χ1n) is 35.3. The van der Waals surface area contributed by atoms with Gasteiger partial charge in [0.1, 0.15) is 83.4 Å². The van der Waals surface area contributed by atoms with Gasteiger partial charge in [-0.2, -0.15) is 0 Å². The van der Waals surface area contributed by atoms with Crippen molar-refractivity contribution in [1.29, 1.82) is 0 Å². The number of rotatable bonds is 40. The molecule has 102 heavy (non-hydrogen) atoms. The van der Waals surface area contributed by atoms with Gasteiger partial charge in [0, 0.05) is 63.2 Å². The maximum Gasteiger partial charge on any atom is 0.407 e. The fourth-order valence-corrected chi connectivity index (χ4v) is 11.5. The number of fused-ring (bicyclic) bond motifs is 2. The van der Waals surface area contributed by atoms with E-state index in [4.69, 9.17) is 23.7 Å². The normalized spacial score (nSPS) is 11.8. The summed E-state index contributed by atoms with van der Waals surface area (Å²) < 4.78 is 29.6. The molecule has 0 saturated carbocycles. The summed E-state index contributed by atoms with van der Waals surface area (Å²) >= 11 is 0. The van der Waals surface area contributed by atoms with E-state index in [1.807, 2.05) is 102 Å². The van der Waals surface area contributed by atoms with Crippen molar-refractivity contribution in [2.75, 3.05) is 52.7 Å². The maximum absolute atomic E-state index is 13.9. The van der Waals surface area contributed by atoms with Gasteiger partial charge < -0.3 is 55.0 Å². The molecule has 0 spiro atoms. The topological polar surface area (TPSA) is 373 Å². The number of ether oxygens (including phenoxy) is 5. The summed E-state index contributed by atoms with van der Waals surface area (Å²) in [5.41, 5.74) is 2.15. The lowest BCUT2D eigenvalue weighted by molar-refractivity contribution is -0.152. The molecule has 7 aromatic rings. The number of hydrogen-bond acceptors (Lipinski definition) is 20. The zero-order valence-corrected chi connectivity index (χ0v) is 60.0. The highest BCUT2D eigenvalue weighted by Gasteiger charge is 2.36. The summed E-state index contributed by atoms with van der Waals surface area (Å²) in [5.74, 6) is -1.93. The van der Waals surface area contributed by atoms with Crippen LogP contribution >= 0.6 is 0 Å². The number of hydrogen-bond donors (Lipinski definition) is 6. The molecule has 3 heterocycles. The molecule has 0 aliphatic carbocycles. The molecule has 0 atom stereocenters. The van der Waals surface area contributed by atoms with Gasteiger partial charge in [0.2, 0.25) is 0 Å². The van der Waals surface area contributed by atoms with Crippen LogP contribution in [0.3, 0.4) is 0 Å². The maximum atomic E-state index is 13.9. The second-order valence-electron chi connectivity index (χ2n) is 27.4. The van der Waals surface area contributed by atoms with Crippen molar-refractivity contribution in [3.8, 4) is 22.9 Å². The van der Waals surface area contributed by atoms with Crippen molar-refractivity contribution in [1.82, 2.24) is 59.6 Å². The number of aliphatic carboxylic acids is 1. The van der Waals surface area contributed by atoms with Crippen LogP contribution < -0.4 is 33.0 Å². The quantitative estimate of drug-likeness (QED) is 0.0118. The minimum atomic E-state index is -1.16. The number of phenolic OH excluding ortho intramolecular Hbond substituents is 2. The number of phenols is 2. The lowest BCUT2D eigenvalue weighted by Gasteiger charge is -2.25. The molecule has 0 aliphatic rings. The second kappa shape index (κ2) is 38.1. The molecule has 3 amide bonds. The van der Waals surface area contributed by atoms with Gasteiger partial charge in [-0.25, -0.2) is 42.5 Å². The fraction of sp³-hybridized carbons (Fsp3) is 0.548. The molecule has 0 bridgehead atoms. The number of benzene rings is 4. The molecular formula is C73H100N12O17. The average Bonchev–Trinajstić information content (AvgIpc) is 1.38. The molecule has 0 unspecified atom stereocenters. The van der Waals surface area contributed by atoms with Gasteiger partial charge >= 0.3 is 53.3 Å². The number of carboxylic acids is 1. The number of esters is 2. The van der Waals surface area contributed by atoms with Gasteiger partial charge in [-0.3, -0.25) is 14.4 Å². The van der Waals surface area contributed by atoms with Crippen LogP contribution in [0.5, 0.6) is 11.5 Å². The van der Waals surface area contributed by atoms with Crippen molar-refractivity contribution in [2.24, 2.45) is 5.41 Å². The number of carbonyl (C=O) groups is 6. The Morgan fingerprint density at radius 3 is 1.07 bits per heavy atom. The highest BCUT2D eigenvalue weighted by molar-refractivity contribution is 5.77.